The Labute approximate surface area is 162 Å². The van der Waals surface area contributed by atoms with E-state index in [4.69, 9.17) is 23.2 Å². The molecule has 0 spiro atoms. The van der Waals surface area contributed by atoms with E-state index in [-0.39, 0.29) is 34.5 Å². The first-order chi connectivity index (χ1) is 12.7. The van der Waals surface area contributed by atoms with E-state index in [0.717, 1.165) is 18.3 Å². The quantitative estimate of drug-likeness (QED) is 0.669. The number of hydrogen-bond donors (Lipinski definition) is 0. The van der Waals surface area contributed by atoms with Crippen LogP contribution in [0.4, 0.5) is 23.4 Å². The van der Waals surface area contributed by atoms with Gasteiger partial charge >= 0.3 is 6.18 Å². The van der Waals surface area contributed by atoms with Gasteiger partial charge in [0, 0.05) is 37.4 Å². The number of carbonyl (C=O) groups is 1. The fourth-order valence-electron chi connectivity index (χ4n) is 2.77. The highest BCUT2D eigenvalue weighted by Gasteiger charge is 2.32. The number of carbonyl (C=O) groups excluding carboxylic acids is 1. The Bertz CT molecular complexity index is 868. The normalized spacial score (nSPS) is 15.2. The van der Waals surface area contributed by atoms with Crippen molar-refractivity contribution in [3.05, 3.63) is 57.5 Å². The third-order valence-corrected chi connectivity index (χ3v) is 4.69. The highest BCUT2D eigenvalue weighted by molar-refractivity contribution is 6.33. The highest BCUT2D eigenvalue weighted by atomic mass is 35.5. The molecule has 1 amide bonds. The molecule has 0 bridgehead atoms. The maximum Gasteiger partial charge on any atom is 0.417 e. The van der Waals surface area contributed by atoms with Gasteiger partial charge in [0.15, 0.2) is 0 Å². The lowest BCUT2D eigenvalue weighted by Crippen LogP contribution is -2.49. The van der Waals surface area contributed by atoms with Gasteiger partial charge < -0.3 is 9.80 Å². The largest absolute Gasteiger partial charge is 0.417 e. The molecule has 0 saturated carbocycles. The van der Waals surface area contributed by atoms with Crippen LogP contribution in [0.1, 0.15) is 15.9 Å². The number of rotatable bonds is 2. The molecule has 0 unspecified atom stereocenters. The summed E-state index contributed by atoms with van der Waals surface area (Å²) in [5.74, 6) is -0.966. The lowest BCUT2D eigenvalue weighted by Gasteiger charge is -2.35. The first kappa shape index (κ1) is 19.7. The summed E-state index contributed by atoms with van der Waals surface area (Å²) in [4.78, 5) is 19.4. The van der Waals surface area contributed by atoms with E-state index in [1.807, 2.05) is 0 Å². The van der Waals surface area contributed by atoms with Gasteiger partial charge in [-0.15, -0.1) is 0 Å². The highest BCUT2D eigenvalue weighted by Crippen LogP contribution is 2.33. The van der Waals surface area contributed by atoms with Crippen LogP contribution in [0.2, 0.25) is 10.0 Å². The second-order valence-corrected chi connectivity index (χ2v) is 6.77. The zero-order valence-electron chi connectivity index (χ0n) is 13.7. The molecule has 2 aromatic rings. The van der Waals surface area contributed by atoms with Gasteiger partial charge in [-0.1, -0.05) is 23.2 Å². The van der Waals surface area contributed by atoms with Crippen LogP contribution >= 0.6 is 23.2 Å². The van der Waals surface area contributed by atoms with Crippen molar-refractivity contribution >= 4 is 34.9 Å². The Balaban J connectivity index is 1.69. The lowest BCUT2D eigenvalue weighted by atomic mass is 10.1. The van der Waals surface area contributed by atoms with Crippen molar-refractivity contribution in [2.45, 2.75) is 6.18 Å². The Kier molecular flexibility index (Phi) is 5.48. The van der Waals surface area contributed by atoms with Gasteiger partial charge in [-0.25, -0.2) is 9.37 Å². The standard InChI is InChI=1S/C17H13Cl2F4N3O/c18-11-1-2-12(14(20)8-11)16(27)26-5-3-25(4-6-26)15-13(19)7-10(9-24-15)17(21,22)23/h1-2,7-9H,3-6H2. The molecule has 0 radical (unpaired) electrons. The van der Waals surface area contributed by atoms with Gasteiger partial charge in [-0.3, -0.25) is 4.79 Å². The SMILES string of the molecule is O=C(c1ccc(Cl)cc1F)N1CCN(c2ncc(C(F)(F)F)cc2Cl)CC1. The second kappa shape index (κ2) is 7.52. The number of amides is 1. The third kappa shape index (κ3) is 4.27. The van der Waals surface area contributed by atoms with E-state index >= 15 is 0 Å². The summed E-state index contributed by atoms with van der Waals surface area (Å²) < 4.78 is 52.0. The number of nitrogens with zero attached hydrogens (tertiary/aromatic N) is 3. The van der Waals surface area contributed by atoms with Crippen molar-refractivity contribution < 1.29 is 22.4 Å². The molecule has 1 aromatic heterocycles. The maximum absolute atomic E-state index is 13.9. The lowest BCUT2D eigenvalue weighted by molar-refractivity contribution is -0.137. The molecule has 1 saturated heterocycles. The fraction of sp³-hybridized carbons (Fsp3) is 0.294. The average molecular weight is 422 g/mol. The Morgan fingerprint density at radius 3 is 2.30 bits per heavy atom. The molecule has 2 heterocycles. The Hall–Kier alpha value is -2.06. The fourth-order valence-corrected chi connectivity index (χ4v) is 3.22. The number of aromatic nitrogens is 1. The van der Waals surface area contributed by atoms with E-state index < -0.39 is 23.5 Å². The number of hydrogen-bond acceptors (Lipinski definition) is 3. The first-order valence-corrected chi connectivity index (χ1v) is 8.64. The molecule has 27 heavy (non-hydrogen) atoms. The molecule has 1 aromatic carbocycles. The molecule has 1 aliphatic heterocycles. The van der Waals surface area contributed by atoms with E-state index in [1.54, 1.807) is 4.90 Å². The van der Waals surface area contributed by atoms with E-state index in [1.165, 1.54) is 17.0 Å². The summed E-state index contributed by atoms with van der Waals surface area (Å²) in [5.41, 5.74) is -1.01. The van der Waals surface area contributed by atoms with Gasteiger partial charge in [0.05, 0.1) is 16.1 Å². The summed E-state index contributed by atoms with van der Waals surface area (Å²) in [6, 6.07) is 4.64. The minimum atomic E-state index is -4.52. The Morgan fingerprint density at radius 2 is 1.74 bits per heavy atom. The minimum absolute atomic E-state index is 0.0847. The summed E-state index contributed by atoms with van der Waals surface area (Å²) in [7, 11) is 0. The van der Waals surface area contributed by atoms with Crippen LogP contribution in [0.15, 0.2) is 30.5 Å². The number of pyridine rings is 1. The van der Waals surface area contributed by atoms with Crippen molar-refractivity contribution in [3.63, 3.8) is 0 Å². The molecular formula is C17H13Cl2F4N3O. The molecule has 0 aliphatic carbocycles. The van der Waals surface area contributed by atoms with Crippen LogP contribution in [0.5, 0.6) is 0 Å². The van der Waals surface area contributed by atoms with Crippen LogP contribution in [0.3, 0.4) is 0 Å². The molecule has 4 nitrogen and oxygen atoms in total. The second-order valence-electron chi connectivity index (χ2n) is 5.93. The average Bonchev–Trinajstić information content (AvgIpc) is 2.60. The van der Waals surface area contributed by atoms with Gasteiger partial charge in [-0.05, 0) is 24.3 Å². The van der Waals surface area contributed by atoms with Crippen LogP contribution in [0.25, 0.3) is 0 Å². The number of anilines is 1. The predicted molar refractivity (Wildman–Crippen MR) is 93.8 cm³/mol. The summed E-state index contributed by atoms with van der Waals surface area (Å²) in [6.07, 6.45) is -3.80. The summed E-state index contributed by atoms with van der Waals surface area (Å²) >= 11 is 11.6. The predicted octanol–water partition coefficient (Wildman–Crippen LogP) is 4.51. The number of piperazine rings is 1. The first-order valence-electron chi connectivity index (χ1n) is 7.89. The molecule has 1 fully saturated rings. The molecular weight excluding hydrogens is 409 g/mol. The van der Waals surface area contributed by atoms with Crippen molar-refractivity contribution in [2.75, 3.05) is 31.1 Å². The van der Waals surface area contributed by atoms with Crippen molar-refractivity contribution in [3.8, 4) is 0 Å². The van der Waals surface area contributed by atoms with E-state index in [9.17, 15) is 22.4 Å². The van der Waals surface area contributed by atoms with Gasteiger partial charge in [0.2, 0.25) is 0 Å². The summed E-state index contributed by atoms with van der Waals surface area (Å²) in [6.45, 7) is 1.11. The molecule has 1 aliphatic rings. The maximum atomic E-state index is 13.9. The van der Waals surface area contributed by atoms with Gasteiger partial charge in [0.25, 0.3) is 5.91 Å². The van der Waals surface area contributed by atoms with Crippen LogP contribution in [0, 0.1) is 5.82 Å². The molecule has 0 N–H and O–H groups in total. The van der Waals surface area contributed by atoms with Crippen molar-refractivity contribution in [1.82, 2.24) is 9.88 Å². The van der Waals surface area contributed by atoms with Crippen molar-refractivity contribution in [1.29, 1.82) is 0 Å². The molecule has 0 atom stereocenters. The zero-order chi connectivity index (χ0) is 19.8. The molecule has 144 valence electrons. The topological polar surface area (TPSA) is 36.4 Å². The number of alkyl halides is 3. The number of halogens is 6. The van der Waals surface area contributed by atoms with E-state index in [0.29, 0.717) is 13.1 Å². The van der Waals surface area contributed by atoms with Crippen LogP contribution in [-0.4, -0.2) is 42.0 Å². The van der Waals surface area contributed by atoms with Gasteiger partial charge in [-0.2, -0.15) is 13.2 Å². The third-order valence-electron chi connectivity index (χ3n) is 4.18. The summed E-state index contributed by atoms with van der Waals surface area (Å²) in [5, 5.41) is 0.0743. The molecule has 10 heteroatoms. The van der Waals surface area contributed by atoms with Crippen molar-refractivity contribution in [2.24, 2.45) is 0 Å². The smallest absolute Gasteiger partial charge is 0.352 e. The van der Waals surface area contributed by atoms with E-state index in [2.05, 4.69) is 4.98 Å². The number of benzene rings is 1. The van der Waals surface area contributed by atoms with Crippen LogP contribution < -0.4 is 4.90 Å². The zero-order valence-corrected chi connectivity index (χ0v) is 15.2. The molecule has 3 rings (SSSR count). The van der Waals surface area contributed by atoms with Gasteiger partial charge in [0.1, 0.15) is 11.6 Å². The monoisotopic (exact) mass is 421 g/mol. The Morgan fingerprint density at radius 1 is 1.07 bits per heavy atom. The van der Waals surface area contributed by atoms with Crippen LogP contribution in [-0.2, 0) is 6.18 Å². The minimum Gasteiger partial charge on any atom is -0.352 e.